The number of carbonyl (C=O) groups excluding carboxylic acids is 1. The molecule has 1 rings (SSSR count). The van der Waals surface area contributed by atoms with Crippen molar-refractivity contribution in [3.8, 4) is 0 Å². The van der Waals surface area contributed by atoms with Gasteiger partial charge in [0.1, 0.15) is 0 Å². The molecule has 1 aromatic rings. The van der Waals surface area contributed by atoms with Crippen LogP contribution in [0.4, 0.5) is 5.69 Å². The molecule has 0 saturated carbocycles. The molecule has 0 aliphatic carbocycles. The summed E-state index contributed by atoms with van der Waals surface area (Å²) in [5, 5.41) is 6.29. The number of carbonyl (C=O) groups is 1. The van der Waals surface area contributed by atoms with Crippen molar-refractivity contribution in [2.24, 2.45) is 0 Å². The van der Waals surface area contributed by atoms with Gasteiger partial charge in [0.2, 0.25) is 5.91 Å². The third-order valence-corrected chi connectivity index (χ3v) is 3.90. The van der Waals surface area contributed by atoms with Crippen LogP contribution in [0.2, 0.25) is 0 Å². The van der Waals surface area contributed by atoms with Crippen molar-refractivity contribution in [2.45, 2.75) is 45.7 Å². The maximum Gasteiger partial charge on any atom is 0.224 e. The molecule has 142 valence electrons. The lowest BCUT2D eigenvalue weighted by Gasteiger charge is -2.12. The fourth-order valence-electron chi connectivity index (χ4n) is 2.43. The standard InChI is InChI=1S/C22H33N3O/c1-6-8-10-19(16-23-18(3)7-2)13-14-22(26)24-21-12-9-11-20(15-21)17-25(4)5/h6-9,11-12,15-16,18,23H,2,10,13-14,17H2,1,3-5H3,(H,24,26)/b8-6-,19-16+. The maximum absolute atomic E-state index is 12.3. The molecule has 0 bridgehead atoms. The van der Waals surface area contributed by atoms with Gasteiger partial charge in [-0.05, 0) is 64.7 Å². The van der Waals surface area contributed by atoms with Crippen molar-refractivity contribution in [1.29, 1.82) is 0 Å². The van der Waals surface area contributed by atoms with Crippen LogP contribution in [0.1, 0.15) is 38.7 Å². The van der Waals surface area contributed by atoms with Crippen LogP contribution in [-0.4, -0.2) is 30.9 Å². The Bertz CT molecular complexity index is 632. The monoisotopic (exact) mass is 355 g/mol. The summed E-state index contributed by atoms with van der Waals surface area (Å²) < 4.78 is 0. The Morgan fingerprint density at radius 2 is 2.08 bits per heavy atom. The minimum absolute atomic E-state index is 0.0372. The summed E-state index contributed by atoms with van der Waals surface area (Å²) in [4.78, 5) is 14.4. The van der Waals surface area contributed by atoms with Crippen LogP contribution in [-0.2, 0) is 11.3 Å². The van der Waals surface area contributed by atoms with E-state index in [9.17, 15) is 4.79 Å². The second kappa shape index (κ2) is 12.1. The molecule has 0 spiro atoms. The van der Waals surface area contributed by atoms with E-state index in [2.05, 4.69) is 34.3 Å². The Labute approximate surface area is 158 Å². The predicted molar refractivity (Wildman–Crippen MR) is 112 cm³/mol. The van der Waals surface area contributed by atoms with Crippen LogP contribution in [0.15, 0.2) is 60.8 Å². The van der Waals surface area contributed by atoms with Gasteiger partial charge in [-0.25, -0.2) is 0 Å². The average Bonchev–Trinajstić information content (AvgIpc) is 2.60. The smallest absolute Gasteiger partial charge is 0.224 e. The lowest BCUT2D eigenvalue weighted by Crippen LogP contribution is -2.18. The number of benzene rings is 1. The van der Waals surface area contributed by atoms with Gasteiger partial charge in [0.05, 0.1) is 0 Å². The lowest BCUT2D eigenvalue weighted by atomic mass is 10.1. The first-order valence-corrected chi connectivity index (χ1v) is 9.15. The van der Waals surface area contributed by atoms with E-state index in [1.54, 1.807) is 0 Å². The molecule has 0 radical (unpaired) electrons. The van der Waals surface area contributed by atoms with Crippen molar-refractivity contribution in [1.82, 2.24) is 10.2 Å². The number of hydrogen-bond acceptors (Lipinski definition) is 3. The van der Waals surface area contributed by atoms with Crippen LogP contribution < -0.4 is 10.6 Å². The summed E-state index contributed by atoms with van der Waals surface area (Å²) in [7, 11) is 4.07. The fraction of sp³-hybridized carbons (Fsp3) is 0.409. The summed E-state index contributed by atoms with van der Waals surface area (Å²) in [6.07, 6.45) is 10.0. The molecule has 1 atom stereocenters. The molecule has 0 heterocycles. The minimum atomic E-state index is 0.0372. The van der Waals surface area contributed by atoms with E-state index in [4.69, 9.17) is 0 Å². The molecular weight excluding hydrogens is 322 g/mol. The number of amides is 1. The Balaban J connectivity index is 2.60. The second-order valence-corrected chi connectivity index (χ2v) is 6.75. The summed E-state index contributed by atoms with van der Waals surface area (Å²) in [5.41, 5.74) is 3.24. The van der Waals surface area contributed by atoms with Crippen LogP contribution >= 0.6 is 0 Å². The first-order chi connectivity index (χ1) is 12.4. The van der Waals surface area contributed by atoms with Crippen LogP contribution in [0.5, 0.6) is 0 Å². The number of nitrogens with zero attached hydrogens (tertiary/aromatic N) is 1. The number of hydrogen-bond donors (Lipinski definition) is 2. The Kier molecular flexibility index (Phi) is 10.1. The van der Waals surface area contributed by atoms with E-state index >= 15 is 0 Å². The molecule has 0 aliphatic rings. The van der Waals surface area contributed by atoms with Crippen molar-refractivity contribution >= 4 is 11.6 Å². The molecule has 1 amide bonds. The van der Waals surface area contributed by atoms with Gasteiger partial charge < -0.3 is 15.5 Å². The maximum atomic E-state index is 12.3. The zero-order valence-corrected chi connectivity index (χ0v) is 16.6. The molecule has 2 N–H and O–H groups in total. The van der Waals surface area contributed by atoms with Gasteiger partial charge in [-0.15, -0.1) is 6.58 Å². The molecule has 4 heteroatoms. The van der Waals surface area contributed by atoms with Crippen molar-refractivity contribution in [2.75, 3.05) is 19.4 Å². The SMILES string of the molecule is C=CC(C)N/C=C(\C/C=C\C)CCC(=O)Nc1cccc(CN(C)C)c1. The van der Waals surface area contributed by atoms with Gasteiger partial charge in [-0.2, -0.15) is 0 Å². The quantitative estimate of drug-likeness (QED) is 0.575. The van der Waals surface area contributed by atoms with Gasteiger partial charge in [-0.1, -0.05) is 35.9 Å². The highest BCUT2D eigenvalue weighted by Crippen LogP contribution is 2.15. The molecular formula is C22H33N3O. The summed E-state index contributed by atoms with van der Waals surface area (Å²) in [5.74, 6) is 0.0372. The highest BCUT2D eigenvalue weighted by atomic mass is 16.1. The van der Waals surface area contributed by atoms with Gasteiger partial charge in [0.25, 0.3) is 0 Å². The van der Waals surface area contributed by atoms with Crippen molar-refractivity contribution < 1.29 is 4.79 Å². The molecule has 0 aromatic heterocycles. The summed E-state index contributed by atoms with van der Waals surface area (Å²) in [6, 6.07) is 8.22. The summed E-state index contributed by atoms with van der Waals surface area (Å²) in [6.45, 7) is 8.68. The first-order valence-electron chi connectivity index (χ1n) is 9.15. The van der Waals surface area contributed by atoms with Gasteiger partial charge in [0, 0.05) is 24.7 Å². The van der Waals surface area contributed by atoms with E-state index < -0.39 is 0 Å². The Morgan fingerprint density at radius 3 is 2.73 bits per heavy atom. The third-order valence-electron chi connectivity index (χ3n) is 3.90. The highest BCUT2D eigenvalue weighted by Gasteiger charge is 2.06. The van der Waals surface area contributed by atoms with Crippen LogP contribution in [0, 0.1) is 0 Å². The second-order valence-electron chi connectivity index (χ2n) is 6.75. The van der Waals surface area contributed by atoms with E-state index in [1.165, 1.54) is 11.1 Å². The van der Waals surface area contributed by atoms with E-state index in [1.807, 2.05) is 64.5 Å². The Hall–Kier alpha value is -2.33. The fourth-order valence-corrected chi connectivity index (χ4v) is 2.43. The van der Waals surface area contributed by atoms with Crippen LogP contribution in [0.25, 0.3) is 0 Å². The molecule has 1 unspecified atom stereocenters. The average molecular weight is 356 g/mol. The first kappa shape index (κ1) is 21.7. The molecule has 0 saturated heterocycles. The van der Waals surface area contributed by atoms with Crippen molar-refractivity contribution in [3.05, 3.63) is 66.4 Å². The predicted octanol–water partition coefficient (Wildman–Crippen LogP) is 4.48. The number of anilines is 1. The normalized spacial score (nSPS) is 13.0. The topological polar surface area (TPSA) is 44.4 Å². The van der Waals surface area contributed by atoms with Gasteiger partial charge >= 0.3 is 0 Å². The Morgan fingerprint density at radius 1 is 1.31 bits per heavy atom. The number of allylic oxidation sites excluding steroid dienone is 3. The molecule has 4 nitrogen and oxygen atoms in total. The zero-order valence-electron chi connectivity index (χ0n) is 16.6. The minimum Gasteiger partial charge on any atom is -0.385 e. The number of nitrogens with one attached hydrogen (secondary N) is 2. The van der Waals surface area contributed by atoms with Crippen molar-refractivity contribution in [3.63, 3.8) is 0 Å². The van der Waals surface area contributed by atoms with E-state index in [-0.39, 0.29) is 11.9 Å². The lowest BCUT2D eigenvalue weighted by molar-refractivity contribution is -0.116. The zero-order chi connectivity index (χ0) is 19.4. The largest absolute Gasteiger partial charge is 0.385 e. The van der Waals surface area contributed by atoms with E-state index in [0.29, 0.717) is 6.42 Å². The van der Waals surface area contributed by atoms with Crippen LogP contribution in [0.3, 0.4) is 0 Å². The molecule has 0 aliphatic heterocycles. The molecule has 0 fully saturated rings. The highest BCUT2D eigenvalue weighted by molar-refractivity contribution is 5.90. The van der Waals surface area contributed by atoms with E-state index in [0.717, 1.165) is 25.1 Å². The summed E-state index contributed by atoms with van der Waals surface area (Å²) >= 11 is 0. The molecule has 1 aromatic carbocycles. The third kappa shape index (κ3) is 9.23. The van der Waals surface area contributed by atoms with Gasteiger partial charge in [0.15, 0.2) is 0 Å². The number of rotatable bonds is 11. The molecule has 26 heavy (non-hydrogen) atoms. The van der Waals surface area contributed by atoms with Gasteiger partial charge in [-0.3, -0.25) is 4.79 Å².